The number of nitrogens with one attached hydrogen (secondary N) is 1. The summed E-state index contributed by atoms with van der Waals surface area (Å²) in [5.74, 6) is 1.21. The van der Waals surface area contributed by atoms with Gasteiger partial charge >= 0.3 is 6.09 Å². The Morgan fingerprint density at radius 3 is 2.45 bits per heavy atom. The second kappa shape index (κ2) is 9.95. The van der Waals surface area contributed by atoms with Gasteiger partial charge in [-0.15, -0.1) is 0 Å². The molecule has 0 bridgehead atoms. The zero-order valence-corrected chi connectivity index (χ0v) is 20.1. The molecule has 1 saturated heterocycles. The Morgan fingerprint density at radius 1 is 1.13 bits per heavy atom. The van der Waals surface area contributed by atoms with Gasteiger partial charge in [-0.3, -0.25) is 0 Å². The molecule has 1 aliphatic rings. The van der Waals surface area contributed by atoms with Crippen molar-refractivity contribution in [3.63, 3.8) is 0 Å². The largest absolute Gasteiger partial charge is 0.444 e. The Kier molecular flexibility index (Phi) is 7.53. The maximum Gasteiger partial charge on any atom is 0.410 e. The molecule has 0 aromatic heterocycles. The SMILES string of the molecule is CC(C)c1cccc(CC2CN(C(=O)OC(C)(C)C)C[C@@H]2CNc2ccc(Cl)cc2)c1. The fraction of sp³-hybridized carbons (Fsp3) is 0.500. The van der Waals surface area contributed by atoms with Crippen LogP contribution in [0.2, 0.25) is 5.02 Å². The summed E-state index contributed by atoms with van der Waals surface area (Å²) in [6, 6.07) is 16.6. The number of ether oxygens (including phenoxy) is 1. The quantitative estimate of drug-likeness (QED) is 0.547. The molecule has 3 rings (SSSR count). The number of rotatable bonds is 6. The van der Waals surface area contributed by atoms with Crippen molar-refractivity contribution >= 4 is 23.4 Å². The molecule has 0 saturated carbocycles. The van der Waals surface area contributed by atoms with E-state index < -0.39 is 5.60 Å². The second-order valence-electron chi connectivity index (χ2n) is 9.90. The van der Waals surface area contributed by atoms with Crippen LogP contribution in [0.15, 0.2) is 48.5 Å². The van der Waals surface area contributed by atoms with E-state index in [1.807, 2.05) is 49.9 Å². The van der Waals surface area contributed by atoms with Crippen molar-refractivity contribution in [2.45, 2.75) is 52.6 Å². The number of amides is 1. The van der Waals surface area contributed by atoms with Crippen LogP contribution < -0.4 is 5.32 Å². The highest BCUT2D eigenvalue weighted by Crippen LogP contribution is 2.30. The number of carbonyl (C=O) groups is 1. The highest BCUT2D eigenvalue weighted by Gasteiger charge is 2.37. The van der Waals surface area contributed by atoms with Crippen molar-refractivity contribution < 1.29 is 9.53 Å². The summed E-state index contributed by atoms with van der Waals surface area (Å²) in [6.07, 6.45) is 0.731. The lowest BCUT2D eigenvalue weighted by Crippen LogP contribution is -2.35. The normalized spacial score (nSPS) is 19.0. The molecule has 4 nitrogen and oxygen atoms in total. The monoisotopic (exact) mass is 442 g/mol. The average Bonchev–Trinajstić information content (AvgIpc) is 3.09. The Hall–Kier alpha value is -2.20. The zero-order chi connectivity index (χ0) is 22.6. The van der Waals surface area contributed by atoms with Gasteiger partial charge in [-0.25, -0.2) is 4.79 Å². The van der Waals surface area contributed by atoms with E-state index in [2.05, 4.69) is 43.4 Å². The van der Waals surface area contributed by atoms with Crippen molar-refractivity contribution in [2.24, 2.45) is 11.8 Å². The van der Waals surface area contributed by atoms with Crippen LogP contribution >= 0.6 is 11.6 Å². The van der Waals surface area contributed by atoms with Crippen LogP contribution in [0.25, 0.3) is 0 Å². The van der Waals surface area contributed by atoms with Crippen molar-refractivity contribution in [1.29, 1.82) is 0 Å². The predicted octanol–water partition coefficient (Wildman–Crippen LogP) is 6.60. The summed E-state index contributed by atoms with van der Waals surface area (Å²) in [5.41, 5.74) is 3.24. The molecule has 168 valence electrons. The van der Waals surface area contributed by atoms with Gasteiger partial charge in [0.05, 0.1) is 0 Å². The first-order valence-electron chi connectivity index (χ1n) is 11.2. The Morgan fingerprint density at radius 2 is 1.81 bits per heavy atom. The molecule has 1 amide bonds. The number of hydrogen-bond donors (Lipinski definition) is 1. The molecule has 0 spiro atoms. The molecule has 1 unspecified atom stereocenters. The number of hydrogen-bond acceptors (Lipinski definition) is 3. The number of nitrogens with zero attached hydrogens (tertiary/aromatic N) is 1. The van der Waals surface area contributed by atoms with Crippen molar-refractivity contribution in [3.8, 4) is 0 Å². The fourth-order valence-corrected chi connectivity index (χ4v) is 4.20. The summed E-state index contributed by atoms with van der Waals surface area (Å²) >= 11 is 6.01. The lowest BCUT2D eigenvalue weighted by Gasteiger charge is -2.24. The lowest BCUT2D eigenvalue weighted by molar-refractivity contribution is 0.0284. The zero-order valence-electron chi connectivity index (χ0n) is 19.3. The minimum atomic E-state index is -0.488. The first-order chi connectivity index (χ1) is 14.6. The second-order valence-corrected chi connectivity index (χ2v) is 10.3. The maximum absolute atomic E-state index is 12.7. The van der Waals surface area contributed by atoms with Crippen molar-refractivity contribution in [3.05, 3.63) is 64.7 Å². The molecular formula is C26H35ClN2O2. The van der Waals surface area contributed by atoms with Crippen LogP contribution in [0.5, 0.6) is 0 Å². The smallest absolute Gasteiger partial charge is 0.410 e. The van der Waals surface area contributed by atoms with Crippen molar-refractivity contribution in [1.82, 2.24) is 4.90 Å². The van der Waals surface area contributed by atoms with E-state index in [0.29, 0.717) is 30.8 Å². The van der Waals surface area contributed by atoms with E-state index in [4.69, 9.17) is 16.3 Å². The molecule has 31 heavy (non-hydrogen) atoms. The number of halogens is 1. The molecule has 2 aromatic rings. The van der Waals surface area contributed by atoms with Crippen LogP contribution in [-0.2, 0) is 11.2 Å². The highest BCUT2D eigenvalue weighted by atomic mass is 35.5. The maximum atomic E-state index is 12.7. The lowest BCUT2D eigenvalue weighted by atomic mass is 9.88. The molecule has 2 atom stereocenters. The standard InChI is InChI=1S/C26H35ClN2O2/c1-18(2)20-8-6-7-19(13-20)14-21-16-29(25(30)31-26(3,4)5)17-22(21)15-28-24-11-9-23(27)10-12-24/h6-13,18,21-22,28H,14-17H2,1-5H3/t21?,22-/m0/s1. The first kappa shape index (κ1) is 23.5. The summed E-state index contributed by atoms with van der Waals surface area (Å²) < 4.78 is 5.65. The number of likely N-dealkylation sites (tertiary alicyclic amines) is 1. The van der Waals surface area contributed by atoms with E-state index in [9.17, 15) is 4.79 Å². The third kappa shape index (κ3) is 6.90. The third-order valence-electron chi connectivity index (χ3n) is 5.76. The summed E-state index contributed by atoms with van der Waals surface area (Å²) in [6.45, 7) is 12.4. The van der Waals surface area contributed by atoms with Gasteiger partial charge < -0.3 is 15.0 Å². The van der Waals surface area contributed by atoms with Gasteiger partial charge in [0, 0.05) is 30.3 Å². The summed E-state index contributed by atoms with van der Waals surface area (Å²) in [4.78, 5) is 14.6. The molecule has 1 N–H and O–H groups in total. The molecule has 1 fully saturated rings. The Labute approximate surface area is 191 Å². The number of carbonyl (C=O) groups excluding carboxylic acids is 1. The van der Waals surface area contributed by atoms with E-state index in [1.54, 1.807) is 0 Å². The van der Waals surface area contributed by atoms with Gasteiger partial charge in [-0.2, -0.15) is 0 Å². The molecule has 0 radical (unpaired) electrons. The van der Waals surface area contributed by atoms with E-state index in [1.165, 1.54) is 11.1 Å². The minimum absolute atomic E-state index is 0.220. The number of benzene rings is 2. The third-order valence-corrected chi connectivity index (χ3v) is 6.01. The van der Waals surface area contributed by atoms with Crippen LogP contribution in [-0.4, -0.2) is 36.2 Å². The molecule has 5 heteroatoms. The fourth-order valence-electron chi connectivity index (χ4n) is 4.08. The van der Waals surface area contributed by atoms with Crippen LogP contribution in [0.3, 0.4) is 0 Å². The van der Waals surface area contributed by atoms with Crippen LogP contribution in [0.1, 0.15) is 51.7 Å². The summed E-state index contributed by atoms with van der Waals surface area (Å²) in [5, 5.41) is 4.26. The molecule has 1 heterocycles. The van der Waals surface area contributed by atoms with Gasteiger partial charge in [0.1, 0.15) is 5.60 Å². The summed E-state index contributed by atoms with van der Waals surface area (Å²) in [7, 11) is 0. The molecule has 1 aliphatic heterocycles. The van der Waals surface area contributed by atoms with E-state index in [0.717, 1.165) is 23.7 Å². The van der Waals surface area contributed by atoms with Gasteiger partial charge in [0.2, 0.25) is 0 Å². The Bertz CT molecular complexity index is 874. The van der Waals surface area contributed by atoms with Gasteiger partial charge in [0.15, 0.2) is 0 Å². The van der Waals surface area contributed by atoms with Gasteiger partial charge in [-0.05, 0) is 80.3 Å². The molecule has 0 aliphatic carbocycles. The highest BCUT2D eigenvalue weighted by molar-refractivity contribution is 6.30. The first-order valence-corrected chi connectivity index (χ1v) is 11.5. The van der Waals surface area contributed by atoms with Crippen molar-refractivity contribution in [2.75, 3.05) is 25.0 Å². The molecule has 2 aromatic carbocycles. The van der Waals surface area contributed by atoms with E-state index in [-0.39, 0.29) is 6.09 Å². The topological polar surface area (TPSA) is 41.6 Å². The van der Waals surface area contributed by atoms with Crippen LogP contribution in [0.4, 0.5) is 10.5 Å². The minimum Gasteiger partial charge on any atom is -0.444 e. The van der Waals surface area contributed by atoms with Gasteiger partial charge in [0.25, 0.3) is 0 Å². The predicted molar refractivity (Wildman–Crippen MR) is 129 cm³/mol. The van der Waals surface area contributed by atoms with E-state index >= 15 is 0 Å². The van der Waals surface area contributed by atoms with Crippen LogP contribution in [0, 0.1) is 11.8 Å². The van der Waals surface area contributed by atoms with Gasteiger partial charge in [-0.1, -0.05) is 49.7 Å². The molecular weight excluding hydrogens is 408 g/mol. The average molecular weight is 443 g/mol. The Balaban J connectivity index is 1.72. The number of anilines is 1.